The first-order chi connectivity index (χ1) is 8.75. The zero-order chi connectivity index (χ0) is 12.5. The van der Waals surface area contributed by atoms with Gasteiger partial charge in [-0.1, -0.05) is 18.2 Å². The Morgan fingerprint density at radius 1 is 1.22 bits per heavy atom. The predicted octanol–water partition coefficient (Wildman–Crippen LogP) is 2.05. The third kappa shape index (κ3) is 1.79. The number of amides is 1. The van der Waals surface area contributed by atoms with Crippen LogP contribution in [0.3, 0.4) is 0 Å². The highest BCUT2D eigenvalue weighted by atomic mass is 16.2. The molecule has 4 nitrogen and oxygen atoms in total. The van der Waals surface area contributed by atoms with E-state index in [4.69, 9.17) is 5.73 Å². The first-order valence-electron chi connectivity index (χ1n) is 6.20. The normalized spacial score (nSPS) is 15.2. The van der Waals surface area contributed by atoms with Gasteiger partial charge in [-0.05, 0) is 25.0 Å². The molecule has 1 fully saturated rings. The number of hydrogen-bond donors (Lipinski definition) is 1. The van der Waals surface area contributed by atoms with Gasteiger partial charge in [0.05, 0.1) is 11.1 Å². The van der Waals surface area contributed by atoms with Crippen LogP contribution in [0, 0.1) is 0 Å². The molecule has 1 aromatic heterocycles. The molecule has 2 N–H and O–H groups in total. The second-order valence-electron chi connectivity index (χ2n) is 4.61. The molecular formula is C14H15N3O. The zero-order valence-corrected chi connectivity index (χ0v) is 10.1. The minimum absolute atomic E-state index is 0.00301. The highest BCUT2D eigenvalue weighted by molar-refractivity contribution is 6.01. The Morgan fingerprint density at radius 3 is 2.72 bits per heavy atom. The van der Waals surface area contributed by atoms with Gasteiger partial charge in [0.25, 0.3) is 5.91 Å². The van der Waals surface area contributed by atoms with Crippen LogP contribution in [0.5, 0.6) is 0 Å². The van der Waals surface area contributed by atoms with Crippen LogP contribution in [0.1, 0.15) is 23.2 Å². The van der Waals surface area contributed by atoms with Gasteiger partial charge in [-0.15, -0.1) is 0 Å². The average Bonchev–Trinajstić information content (AvgIpc) is 2.91. The summed E-state index contributed by atoms with van der Waals surface area (Å²) in [5.74, 6) is 0.328. The number of rotatable bonds is 1. The molecule has 0 aliphatic carbocycles. The van der Waals surface area contributed by atoms with Gasteiger partial charge in [-0.2, -0.15) is 0 Å². The second kappa shape index (κ2) is 4.29. The fourth-order valence-electron chi connectivity index (χ4n) is 2.39. The van der Waals surface area contributed by atoms with E-state index in [1.54, 1.807) is 0 Å². The highest BCUT2D eigenvalue weighted by Crippen LogP contribution is 2.21. The van der Waals surface area contributed by atoms with Gasteiger partial charge in [0, 0.05) is 18.5 Å². The van der Waals surface area contributed by atoms with Gasteiger partial charge in [-0.3, -0.25) is 4.79 Å². The number of aromatic nitrogens is 1. The molecule has 0 unspecified atom stereocenters. The summed E-state index contributed by atoms with van der Waals surface area (Å²) in [6.45, 7) is 1.65. The molecule has 2 aromatic rings. The number of fused-ring (bicyclic) bond motifs is 1. The van der Waals surface area contributed by atoms with E-state index in [-0.39, 0.29) is 5.91 Å². The minimum atomic E-state index is 0.00301. The molecule has 0 bridgehead atoms. The molecule has 4 heteroatoms. The third-order valence-corrected chi connectivity index (χ3v) is 3.38. The van der Waals surface area contributed by atoms with Crippen molar-refractivity contribution >= 4 is 22.6 Å². The van der Waals surface area contributed by atoms with Crippen molar-refractivity contribution in [3.8, 4) is 0 Å². The lowest BCUT2D eigenvalue weighted by Crippen LogP contribution is -2.28. The Bertz CT molecular complexity index is 603. The first kappa shape index (κ1) is 11.0. The summed E-state index contributed by atoms with van der Waals surface area (Å²) in [7, 11) is 0. The third-order valence-electron chi connectivity index (χ3n) is 3.38. The van der Waals surface area contributed by atoms with Crippen LogP contribution in [0.2, 0.25) is 0 Å². The Labute approximate surface area is 105 Å². The SMILES string of the molecule is Nc1nc2ccccc2cc1C(=O)N1CCCC1. The number of pyridine rings is 1. The van der Waals surface area contributed by atoms with Crippen LogP contribution < -0.4 is 5.73 Å². The summed E-state index contributed by atoms with van der Waals surface area (Å²) in [4.78, 5) is 18.5. The highest BCUT2D eigenvalue weighted by Gasteiger charge is 2.22. The van der Waals surface area contributed by atoms with Crippen molar-refractivity contribution in [1.82, 2.24) is 9.88 Å². The largest absolute Gasteiger partial charge is 0.383 e. The quantitative estimate of drug-likeness (QED) is 0.831. The Hall–Kier alpha value is -2.10. The number of likely N-dealkylation sites (tertiary alicyclic amines) is 1. The van der Waals surface area contributed by atoms with Crippen molar-refractivity contribution in [2.75, 3.05) is 18.8 Å². The van der Waals surface area contributed by atoms with Crippen LogP contribution in [0.15, 0.2) is 30.3 Å². The summed E-state index contributed by atoms with van der Waals surface area (Å²) in [6.07, 6.45) is 2.15. The van der Waals surface area contributed by atoms with E-state index in [1.807, 2.05) is 35.2 Å². The van der Waals surface area contributed by atoms with Crippen LogP contribution in [-0.2, 0) is 0 Å². The fraction of sp³-hybridized carbons (Fsp3) is 0.286. The maximum absolute atomic E-state index is 12.3. The summed E-state index contributed by atoms with van der Waals surface area (Å²) >= 11 is 0. The molecule has 92 valence electrons. The fourth-order valence-corrected chi connectivity index (χ4v) is 2.39. The topological polar surface area (TPSA) is 59.2 Å². The van der Waals surface area contributed by atoms with Crippen molar-refractivity contribution in [3.63, 3.8) is 0 Å². The number of carbonyl (C=O) groups excluding carboxylic acids is 1. The number of anilines is 1. The Kier molecular flexibility index (Phi) is 2.63. The lowest BCUT2D eigenvalue weighted by molar-refractivity contribution is 0.0793. The first-order valence-corrected chi connectivity index (χ1v) is 6.20. The minimum Gasteiger partial charge on any atom is -0.383 e. The van der Waals surface area contributed by atoms with E-state index in [1.165, 1.54) is 0 Å². The molecule has 0 spiro atoms. The van der Waals surface area contributed by atoms with Gasteiger partial charge < -0.3 is 10.6 Å². The zero-order valence-electron chi connectivity index (χ0n) is 10.1. The molecule has 1 aromatic carbocycles. The molecule has 1 aliphatic rings. The smallest absolute Gasteiger partial charge is 0.257 e. The van der Waals surface area contributed by atoms with Crippen molar-refractivity contribution in [3.05, 3.63) is 35.9 Å². The maximum Gasteiger partial charge on any atom is 0.257 e. The van der Waals surface area contributed by atoms with Crippen molar-refractivity contribution < 1.29 is 4.79 Å². The van der Waals surface area contributed by atoms with E-state index >= 15 is 0 Å². The lowest BCUT2D eigenvalue weighted by atomic mass is 10.1. The molecule has 3 rings (SSSR count). The average molecular weight is 241 g/mol. The number of carbonyl (C=O) groups is 1. The van der Waals surface area contributed by atoms with E-state index in [0.29, 0.717) is 11.4 Å². The van der Waals surface area contributed by atoms with Crippen LogP contribution in [-0.4, -0.2) is 28.9 Å². The number of para-hydroxylation sites is 1. The maximum atomic E-state index is 12.3. The summed E-state index contributed by atoms with van der Waals surface area (Å²) < 4.78 is 0. The van der Waals surface area contributed by atoms with Gasteiger partial charge in [-0.25, -0.2) is 4.98 Å². The van der Waals surface area contributed by atoms with Crippen molar-refractivity contribution in [2.45, 2.75) is 12.8 Å². The molecular weight excluding hydrogens is 226 g/mol. The molecule has 0 atom stereocenters. The lowest BCUT2D eigenvalue weighted by Gasteiger charge is -2.16. The van der Waals surface area contributed by atoms with Crippen LogP contribution in [0.4, 0.5) is 5.82 Å². The molecule has 1 saturated heterocycles. The summed E-state index contributed by atoms with van der Waals surface area (Å²) in [5, 5.41) is 0.953. The summed E-state index contributed by atoms with van der Waals surface area (Å²) in [5.41, 5.74) is 7.25. The molecule has 1 amide bonds. The Balaban J connectivity index is 2.05. The monoisotopic (exact) mass is 241 g/mol. The van der Waals surface area contributed by atoms with E-state index in [9.17, 15) is 4.79 Å². The van der Waals surface area contributed by atoms with Crippen LogP contribution >= 0.6 is 0 Å². The number of benzene rings is 1. The molecule has 0 radical (unpaired) electrons. The molecule has 1 aliphatic heterocycles. The second-order valence-corrected chi connectivity index (χ2v) is 4.61. The summed E-state index contributed by atoms with van der Waals surface area (Å²) in [6, 6.07) is 9.54. The van der Waals surface area contributed by atoms with Crippen molar-refractivity contribution in [2.24, 2.45) is 0 Å². The number of nitrogens with two attached hydrogens (primary N) is 1. The number of nitrogens with zero attached hydrogens (tertiary/aromatic N) is 2. The number of hydrogen-bond acceptors (Lipinski definition) is 3. The van der Waals surface area contributed by atoms with E-state index in [2.05, 4.69) is 4.98 Å². The van der Waals surface area contributed by atoms with E-state index in [0.717, 1.165) is 36.8 Å². The standard InChI is InChI=1S/C14H15N3O/c15-13-11(14(18)17-7-3-4-8-17)9-10-5-1-2-6-12(10)16-13/h1-2,5-6,9H,3-4,7-8H2,(H2,15,16). The van der Waals surface area contributed by atoms with Gasteiger partial charge in [0.2, 0.25) is 0 Å². The Morgan fingerprint density at radius 2 is 1.94 bits per heavy atom. The van der Waals surface area contributed by atoms with Gasteiger partial charge in [0.1, 0.15) is 5.82 Å². The molecule has 18 heavy (non-hydrogen) atoms. The van der Waals surface area contributed by atoms with Crippen molar-refractivity contribution in [1.29, 1.82) is 0 Å². The van der Waals surface area contributed by atoms with Gasteiger partial charge >= 0.3 is 0 Å². The molecule has 0 saturated carbocycles. The van der Waals surface area contributed by atoms with Crippen LogP contribution in [0.25, 0.3) is 10.9 Å². The molecule has 2 heterocycles. The van der Waals surface area contributed by atoms with E-state index < -0.39 is 0 Å². The predicted molar refractivity (Wildman–Crippen MR) is 71.3 cm³/mol. The number of nitrogen functional groups attached to an aromatic ring is 1. The van der Waals surface area contributed by atoms with Gasteiger partial charge in [0.15, 0.2) is 0 Å².